The summed E-state index contributed by atoms with van der Waals surface area (Å²) in [6.07, 6.45) is 1.45. The normalized spacial score (nSPS) is 16.0. The number of carbonyl (C=O) groups is 3. The lowest BCUT2D eigenvalue weighted by molar-refractivity contribution is -0.122. The molecule has 0 radical (unpaired) electrons. The molecule has 1 fully saturated rings. The summed E-state index contributed by atoms with van der Waals surface area (Å²) in [6.45, 7) is 3.06. The van der Waals surface area contributed by atoms with E-state index in [-0.39, 0.29) is 24.3 Å². The third kappa shape index (κ3) is 6.19. The first-order valence-corrected chi connectivity index (χ1v) is 10.8. The first-order valence-electron chi connectivity index (χ1n) is 10.1. The molecule has 1 aliphatic rings. The van der Waals surface area contributed by atoms with Gasteiger partial charge in [0, 0.05) is 22.8 Å². The minimum atomic E-state index is -0.442. The minimum Gasteiger partial charge on any atom is -0.352 e. The third-order valence-electron chi connectivity index (χ3n) is 4.95. The average Bonchev–Trinajstić information content (AvgIpc) is 3.19. The van der Waals surface area contributed by atoms with Gasteiger partial charge in [-0.3, -0.25) is 19.3 Å². The highest BCUT2D eigenvalue weighted by atomic mass is 35.5. The smallest absolute Gasteiger partial charge is 0.251 e. The zero-order valence-electron chi connectivity index (χ0n) is 17.1. The van der Waals surface area contributed by atoms with Crippen molar-refractivity contribution in [2.24, 2.45) is 0 Å². The predicted octanol–water partition coefficient (Wildman–Crippen LogP) is 3.78. The van der Waals surface area contributed by atoms with Crippen LogP contribution in [0.25, 0.3) is 0 Å². The summed E-state index contributed by atoms with van der Waals surface area (Å²) in [7, 11) is 0. The largest absolute Gasteiger partial charge is 0.352 e. The van der Waals surface area contributed by atoms with Crippen LogP contribution in [0.4, 0.5) is 11.4 Å². The lowest BCUT2D eigenvalue weighted by atomic mass is 10.2. The highest BCUT2D eigenvalue weighted by molar-refractivity contribution is 6.35. The molecule has 0 aliphatic carbocycles. The Hall–Kier alpha value is -2.61. The Morgan fingerprint density at radius 3 is 2.68 bits per heavy atom. The lowest BCUT2D eigenvalue weighted by Crippen LogP contribution is -2.43. The van der Waals surface area contributed by atoms with Gasteiger partial charge in [-0.1, -0.05) is 29.3 Å². The van der Waals surface area contributed by atoms with Crippen LogP contribution in [0.3, 0.4) is 0 Å². The van der Waals surface area contributed by atoms with Gasteiger partial charge in [0.2, 0.25) is 11.8 Å². The second-order valence-corrected chi connectivity index (χ2v) is 8.07. The van der Waals surface area contributed by atoms with Gasteiger partial charge in [-0.15, -0.1) is 0 Å². The summed E-state index contributed by atoms with van der Waals surface area (Å²) in [5.41, 5.74) is 1.44. The van der Waals surface area contributed by atoms with Crippen molar-refractivity contribution in [1.29, 1.82) is 0 Å². The van der Waals surface area contributed by atoms with Gasteiger partial charge in [0.15, 0.2) is 0 Å². The van der Waals surface area contributed by atoms with Crippen LogP contribution in [-0.2, 0) is 9.59 Å². The SMILES string of the molecule is CCNC(=O)c1cccc(NC(=O)CN2CCCC2C(=O)Nc2cc(Cl)ccc2Cl)c1. The van der Waals surface area contributed by atoms with E-state index in [0.29, 0.717) is 46.5 Å². The van der Waals surface area contributed by atoms with Crippen LogP contribution in [-0.4, -0.2) is 48.3 Å². The predicted molar refractivity (Wildman–Crippen MR) is 123 cm³/mol. The summed E-state index contributed by atoms with van der Waals surface area (Å²) in [6, 6.07) is 11.1. The molecule has 2 aromatic rings. The molecule has 1 heterocycles. The molecule has 31 heavy (non-hydrogen) atoms. The molecule has 9 heteroatoms. The molecular formula is C22H24Cl2N4O3. The maximum absolute atomic E-state index is 12.8. The van der Waals surface area contributed by atoms with E-state index in [0.717, 1.165) is 6.42 Å². The van der Waals surface area contributed by atoms with E-state index in [1.807, 2.05) is 11.8 Å². The third-order valence-corrected chi connectivity index (χ3v) is 5.51. The van der Waals surface area contributed by atoms with Crippen LogP contribution in [0.5, 0.6) is 0 Å². The first kappa shape index (κ1) is 23.1. The maximum Gasteiger partial charge on any atom is 0.251 e. The highest BCUT2D eigenvalue weighted by Crippen LogP contribution is 2.27. The number of benzene rings is 2. The molecule has 1 saturated heterocycles. The van der Waals surface area contributed by atoms with E-state index in [4.69, 9.17) is 23.2 Å². The van der Waals surface area contributed by atoms with E-state index < -0.39 is 6.04 Å². The fraction of sp³-hybridized carbons (Fsp3) is 0.318. The number of hydrogen-bond donors (Lipinski definition) is 3. The number of nitrogens with zero attached hydrogens (tertiary/aromatic N) is 1. The Kier molecular flexibility index (Phi) is 7.90. The van der Waals surface area contributed by atoms with E-state index in [9.17, 15) is 14.4 Å². The molecule has 7 nitrogen and oxygen atoms in total. The van der Waals surface area contributed by atoms with Gasteiger partial charge >= 0.3 is 0 Å². The molecule has 3 amide bonds. The molecule has 0 bridgehead atoms. The standard InChI is InChI=1S/C22H24Cl2N4O3/c1-2-25-21(30)14-5-3-6-16(11-14)26-20(29)13-28-10-4-7-19(28)22(31)27-18-12-15(23)8-9-17(18)24/h3,5-6,8-9,11-12,19H,2,4,7,10,13H2,1H3,(H,25,30)(H,26,29)(H,27,31). The van der Waals surface area contributed by atoms with Crippen molar-refractivity contribution in [1.82, 2.24) is 10.2 Å². The molecule has 0 saturated carbocycles. The van der Waals surface area contributed by atoms with Gasteiger partial charge in [0.05, 0.1) is 23.3 Å². The van der Waals surface area contributed by atoms with Crippen LogP contribution >= 0.6 is 23.2 Å². The molecule has 1 aliphatic heterocycles. The quantitative estimate of drug-likeness (QED) is 0.583. The number of rotatable bonds is 7. The number of halogens is 2. The number of nitrogens with one attached hydrogen (secondary N) is 3. The van der Waals surface area contributed by atoms with Gasteiger partial charge in [-0.05, 0) is 62.7 Å². The number of amides is 3. The van der Waals surface area contributed by atoms with Crippen LogP contribution in [0.1, 0.15) is 30.1 Å². The monoisotopic (exact) mass is 462 g/mol. The molecule has 3 N–H and O–H groups in total. The lowest BCUT2D eigenvalue weighted by Gasteiger charge is -2.23. The van der Waals surface area contributed by atoms with Crippen molar-refractivity contribution in [3.63, 3.8) is 0 Å². The van der Waals surface area contributed by atoms with Gasteiger partial charge in [-0.2, -0.15) is 0 Å². The Labute approximate surface area is 191 Å². The molecule has 3 rings (SSSR count). The number of likely N-dealkylation sites (tertiary alicyclic amines) is 1. The molecule has 0 spiro atoms. The molecular weight excluding hydrogens is 439 g/mol. The summed E-state index contributed by atoms with van der Waals surface area (Å²) in [5.74, 6) is -0.684. The second kappa shape index (κ2) is 10.6. The Morgan fingerprint density at radius 1 is 1.10 bits per heavy atom. The van der Waals surface area contributed by atoms with Crippen LogP contribution in [0.2, 0.25) is 10.0 Å². The zero-order valence-corrected chi connectivity index (χ0v) is 18.6. The van der Waals surface area contributed by atoms with Crippen molar-refractivity contribution in [2.75, 3.05) is 30.3 Å². The fourth-order valence-corrected chi connectivity index (χ4v) is 3.84. The van der Waals surface area contributed by atoms with Gasteiger partial charge in [-0.25, -0.2) is 0 Å². The van der Waals surface area contributed by atoms with E-state index in [1.165, 1.54) is 0 Å². The van der Waals surface area contributed by atoms with Gasteiger partial charge in [0.25, 0.3) is 5.91 Å². The minimum absolute atomic E-state index is 0.0623. The van der Waals surface area contributed by atoms with Crippen molar-refractivity contribution in [2.45, 2.75) is 25.8 Å². The molecule has 1 atom stereocenters. The highest BCUT2D eigenvalue weighted by Gasteiger charge is 2.32. The first-order chi connectivity index (χ1) is 14.9. The summed E-state index contributed by atoms with van der Waals surface area (Å²) in [5, 5.41) is 9.20. The maximum atomic E-state index is 12.8. The van der Waals surface area contributed by atoms with E-state index in [2.05, 4.69) is 16.0 Å². The summed E-state index contributed by atoms with van der Waals surface area (Å²) >= 11 is 12.1. The Morgan fingerprint density at radius 2 is 1.90 bits per heavy atom. The summed E-state index contributed by atoms with van der Waals surface area (Å²) < 4.78 is 0. The fourth-order valence-electron chi connectivity index (χ4n) is 3.51. The van der Waals surface area contributed by atoms with Gasteiger partial charge in [0.1, 0.15) is 0 Å². The Balaban J connectivity index is 1.60. The van der Waals surface area contributed by atoms with E-state index in [1.54, 1.807) is 42.5 Å². The molecule has 2 aromatic carbocycles. The van der Waals surface area contributed by atoms with Gasteiger partial charge < -0.3 is 16.0 Å². The van der Waals surface area contributed by atoms with Crippen LogP contribution < -0.4 is 16.0 Å². The second-order valence-electron chi connectivity index (χ2n) is 7.23. The molecule has 1 unspecified atom stereocenters. The molecule has 0 aromatic heterocycles. The van der Waals surface area contributed by atoms with Crippen molar-refractivity contribution >= 4 is 52.3 Å². The van der Waals surface area contributed by atoms with Crippen molar-refractivity contribution < 1.29 is 14.4 Å². The number of hydrogen-bond acceptors (Lipinski definition) is 4. The van der Waals surface area contributed by atoms with Crippen molar-refractivity contribution in [3.05, 3.63) is 58.1 Å². The van der Waals surface area contributed by atoms with E-state index >= 15 is 0 Å². The summed E-state index contributed by atoms with van der Waals surface area (Å²) in [4.78, 5) is 39.2. The topological polar surface area (TPSA) is 90.5 Å². The number of carbonyl (C=O) groups excluding carboxylic acids is 3. The van der Waals surface area contributed by atoms with Crippen LogP contribution in [0, 0.1) is 0 Å². The Bertz CT molecular complexity index is 983. The number of anilines is 2. The van der Waals surface area contributed by atoms with Crippen LogP contribution in [0.15, 0.2) is 42.5 Å². The average molecular weight is 463 g/mol. The molecule has 164 valence electrons. The zero-order chi connectivity index (χ0) is 22.4. The van der Waals surface area contributed by atoms with Crippen molar-refractivity contribution in [3.8, 4) is 0 Å².